The number of carboxylic acid groups (broad SMARTS) is 2. The number of carbonyl (C=O) groups is 2. The first kappa shape index (κ1) is 28.8. The largest absolute Gasteiger partial charge is 0.480 e. The lowest BCUT2D eigenvalue weighted by molar-refractivity contribution is -0.139. The minimum atomic E-state index is -0.900. The molecule has 0 amide bonds. The Morgan fingerprint density at radius 1 is 0.633 bits per heavy atom. The van der Waals surface area contributed by atoms with Crippen LogP contribution in [0.3, 0.4) is 0 Å². The van der Waals surface area contributed by atoms with Crippen molar-refractivity contribution in [2.75, 3.05) is 39.3 Å². The molecule has 3 N–H and O–H groups in total. The zero-order chi connectivity index (χ0) is 22.6. The van der Waals surface area contributed by atoms with E-state index in [0.29, 0.717) is 13.1 Å². The number of carboxylic acids is 2. The number of nitrogens with zero attached hydrogens (tertiary/aromatic N) is 2. The second-order valence-electron chi connectivity index (χ2n) is 8.45. The first-order chi connectivity index (χ1) is 14.4. The zero-order valence-electron chi connectivity index (χ0n) is 19.4. The third-order valence-electron chi connectivity index (χ3n) is 5.31. The van der Waals surface area contributed by atoms with Crippen LogP contribution in [0.5, 0.6) is 0 Å². The SMILES string of the molecule is CCCCCCCCN(CC(=O)O)CC(O)CN(CCCCCCCC)CC(=O)O. The number of rotatable bonds is 22. The molecule has 0 aliphatic heterocycles. The third-order valence-corrected chi connectivity index (χ3v) is 5.31. The lowest BCUT2D eigenvalue weighted by Gasteiger charge is -2.27. The molecule has 0 radical (unpaired) electrons. The van der Waals surface area contributed by atoms with E-state index in [4.69, 9.17) is 10.2 Å². The maximum atomic E-state index is 11.2. The average Bonchev–Trinajstić information content (AvgIpc) is 2.66. The number of hydrogen-bond donors (Lipinski definition) is 3. The molecule has 0 aliphatic rings. The molecule has 0 spiro atoms. The lowest BCUT2D eigenvalue weighted by atomic mass is 10.1. The highest BCUT2D eigenvalue weighted by Crippen LogP contribution is 2.08. The van der Waals surface area contributed by atoms with Gasteiger partial charge in [0.15, 0.2) is 0 Å². The molecule has 178 valence electrons. The maximum Gasteiger partial charge on any atom is 0.317 e. The number of aliphatic hydroxyl groups is 1. The van der Waals surface area contributed by atoms with Gasteiger partial charge in [0.1, 0.15) is 0 Å². The summed E-state index contributed by atoms with van der Waals surface area (Å²) in [5.74, 6) is -1.80. The third kappa shape index (κ3) is 18.8. The van der Waals surface area contributed by atoms with Crippen LogP contribution in [0.4, 0.5) is 0 Å². The van der Waals surface area contributed by atoms with Gasteiger partial charge in [0.2, 0.25) is 0 Å². The van der Waals surface area contributed by atoms with E-state index in [1.165, 1.54) is 38.5 Å². The molecule has 0 saturated heterocycles. The fourth-order valence-corrected chi connectivity index (χ4v) is 3.74. The molecule has 0 aromatic heterocycles. The van der Waals surface area contributed by atoms with Crippen molar-refractivity contribution in [3.05, 3.63) is 0 Å². The minimum absolute atomic E-state index is 0.0949. The van der Waals surface area contributed by atoms with Crippen molar-refractivity contribution in [3.8, 4) is 0 Å². The Hall–Kier alpha value is -1.18. The van der Waals surface area contributed by atoms with Crippen LogP contribution in [0.1, 0.15) is 90.9 Å². The molecule has 0 aliphatic carbocycles. The highest BCUT2D eigenvalue weighted by Gasteiger charge is 2.18. The number of unbranched alkanes of at least 4 members (excludes halogenated alkanes) is 10. The summed E-state index contributed by atoms with van der Waals surface area (Å²) in [7, 11) is 0. The van der Waals surface area contributed by atoms with Gasteiger partial charge in [0, 0.05) is 13.1 Å². The second-order valence-corrected chi connectivity index (χ2v) is 8.45. The van der Waals surface area contributed by atoms with Crippen LogP contribution >= 0.6 is 0 Å². The molecule has 7 heteroatoms. The molecule has 0 aromatic carbocycles. The van der Waals surface area contributed by atoms with Crippen LogP contribution in [0.25, 0.3) is 0 Å². The Bertz CT molecular complexity index is 396. The first-order valence-electron chi connectivity index (χ1n) is 11.9. The summed E-state index contributed by atoms with van der Waals surface area (Å²) in [6.07, 6.45) is 12.8. The van der Waals surface area contributed by atoms with Gasteiger partial charge in [-0.05, 0) is 25.9 Å². The molecule has 0 unspecified atom stereocenters. The fraction of sp³-hybridized carbons (Fsp3) is 0.913. The fourth-order valence-electron chi connectivity index (χ4n) is 3.74. The number of hydrogen-bond acceptors (Lipinski definition) is 5. The lowest BCUT2D eigenvalue weighted by Crippen LogP contribution is -2.44. The molecule has 30 heavy (non-hydrogen) atoms. The van der Waals surface area contributed by atoms with E-state index < -0.39 is 18.0 Å². The smallest absolute Gasteiger partial charge is 0.317 e. The van der Waals surface area contributed by atoms with Crippen LogP contribution < -0.4 is 0 Å². The molecular weight excluding hydrogens is 384 g/mol. The van der Waals surface area contributed by atoms with E-state index in [1.807, 2.05) is 0 Å². The van der Waals surface area contributed by atoms with Crippen molar-refractivity contribution >= 4 is 11.9 Å². The number of aliphatic carboxylic acids is 2. The summed E-state index contributed by atoms with van der Waals surface area (Å²) in [4.78, 5) is 25.9. The van der Waals surface area contributed by atoms with E-state index in [0.717, 1.165) is 38.5 Å². The van der Waals surface area contributed by atoms with Crippen LogP contribution in [0.15, 0.2) is 0 Å². The molecule has 0 aromatic rings. The number of aliphatic hydroxyl groups excluding tert-OH is 1. The van der Waals surface area contributed by atoms with Crippen LogP contribution in [-0.4, -0.2) is 82.4 Å². The van der Waals surface area contributed by atoms with Crippen molar-refractivity contribution in [1.82, 2.24) is 9.80 Å². The minimum Gasteiger partial charge on any atom is -0.480 e. The van der Waals surface area contributed by atoms with E-state index >= 15 is 0 Å². The first-order valence-corrected chi connectivity index (χ1v) is 11.9. The van der Waals surface area contributed by atoms with Crippen molar-refractivity contribution in [2.24, 2.45) is 0 Å². The van der Waals surface area contributed by atoms with Crippen molar-refractivity contribution < 1.29 is 24.9 Å². The van der Waals surface area contributed by atoms with Gasteiger partial charge in [0.25, 0.3) is 0 Å². The summed E-state index contributed by atoms with van der Waals surface area (Å²) in [6, 6.07) is 0. The van der Waals surface area contributed by atoms with Gasteiger partial charge < -0.3 is 15.3 Å². The van der Waals surface area contributed by atoms with Crippen LogP contribution in [0, 0.1) is 0 Å². The molecule has 0 fully saturated rings. The van der Waals surface area contributed by atoms with E-state index in [2.05, 4.69) is 13.8 Å². The van der Waals surface area contributed by atoms with Gasteiger partial charge in [-0.1, -0.05) is 78.1 Å². The summed E-state index contributed by atoms with van der Waals surface area (Å²) < 4.78 is 0. The second kappa shape index (κ2) is 19.8. The van der Waals surface area contributed by atoms with Crippen LogP contribution in [-0.2, 0) is 9.59 Å². The summed E-state index contributed by atoms with van der Waals surface area (Å²) in [5.41, 5.74) is 0. The summed E-state index contributed by atoms with van der Waals surface area (Å²) >= 11 is 0. The van der Waals surface area contributed by atoms with Crippen molar-refractivity contribution in [3.63, 3.8) is 0 Å². The highest BCUT2D eigenvalue weighted by molar-refractivity contribution is 5.69. The Labute approximate surface area is 183 Å². The Morgan fingerprint density at radius 3 is 1.30 bits per heavy atom. The molecule has 0 bridgehead atoms. The van der Waals surface area contributed by atoms with E-state index in [-0.39, 0.29) is 26.2 Å². The summed E-state index contributed by atoms with van der Waals surface area (Å²) in [5, 5.41) is 28.8. The van der Waals surface area contributed by atoms with Gasteiger partial charge in [-0.25, -0.2) is 0 Å². The van der Waals surface area contributed by atoms with Crippen molar-refractivity contribution in [1.29, 1.82) is 0 Å². The van der Waals surface area contributed by atoms with Gasteiger partial charge in [0.05, 0.1) is 19.2 Å². The van der Waals surface area contributed by atoms with Gasteiger partial charge >= 0.3 is 11.9 Å². The van der Waals surface area contributed by atoms with Gasteiger partial charge in [-0.15, -0.1) is 0 Å². The summed E-state index contributed by atoms with van der Waals surface area (Å²) in [6.45, 7) is 5.97. The van der Waals surface area contributed by atoms with E-state index in [1.54, 1.807) is 9.80 Å². The van der Waals surface area contributed by atoms with Crippen molar-refractivity contribution in [2.45, 2.75) is 97.0 Å². The standard InChI is InChI=1S/C23H46N2O5/c1-3-5-7-9-11-13-15-24(19-22(27)28)17-21(26)18-25(20-23(29)30)16-14-12-10-8-6-4-2/h21,26H,3-20H2,1-2H3,(H,27,28)(H,29,30). The Kier molecular flexibility index (Phi) is 19.0. The average molecular weight is 431 g/mol. The highest BCUT2D eigenvalue weighted by atomic mass is 16.4. The molecule has 0 rings (SSSR count). The monoisotopic (exact) mass is 430 g/mol. The molecular formula is C23H46N2O5. The Morgan fingerprint density at radius 2 is 0.967 bits per heavy atom. The van der Waals surface area contributed by atoms with Gasteiger partial charge in [-0.3, -0.25) is 19.4 Å². The Balaban J connectivity index is 4.39. The van der Waals surface area contributed by atoms with Gasteiger partial charge in [-0.2, -0.15) is 0 Å². The topological polar surface area (TPSA) is 101 Å². The zero-order valence-corrected chi connectivity index (χ0v) is 19.4. The maximum absolute atomic E-state index is 11.2. The molecule has 0 saturated carbocycles. The molecule has 7 nitrogen and oxygen atoms in total. The van der Waals surface area contributed by atoms with E-state index in [9.17, 15) is 14.7 Å². The van der Waals surface area contributed by atoms with Crippen LogP contribution in [0.2, 0.25) is 0 Å². The predicted molar refractivity (Wildman–Crippen MR) is 121 cm³/mol. The molecule has 0 atom stereocenters. The molecule has 0 heterocycles. The predicted octanol–water partition coefficient (Wildman–Crippen LogP) is 3.84. The normalized spacial score (nSPS) is 11.7. The quantitative estimate of drug-likeness (QED) is 0.224.